The minimum atomic E-state index is -0.193. The molecule has 0 atom stereocenters. The van der Waals surface area contributed by atoms with Gasteiger partial charge in [0.25, 0.3) is 0 Å². The second-order valence-electron chi connectivity index (χ2n) is 5.24. The molecular formula is C14H29NO. The quantitative estimate of drug-likeness (QED) is 0.577. The monoisotopic (exact) mass is 227 g/mol. The molecule has 0 radical (unpaired) electrons. The average Bonchev–Trinajstić information content (AvgIpc) is 2.27. The highest BCUT2D eigenvalue weighted by Crippen LogP contribution is 2.23. The molecule has 0 saturated carbocycles. The van der Waals surface area contributed by atoms with E-state index in [2.05, 4.69) is 39.5 Å². The summed E-state index contributed by atoms with van der Waals surface area (Å²) in [6.07, 6.45) is 5.55. The van der Waals surface area contributed by atoms with Gasteiger partial charge < -0.3 is 4.90 Å². The largest absolute Gasteiger partial charge is 0.342 e. The van der Waals surface area contributed by atoms with Gasteiger partial charge in [-0.2, -0.15) is 0 Å². The molecule has 0 saturated heterocycles. The molecule has 0 spiro atoms. The van der Waals surface area contributed by atoms with Gasteiger partial charge in [-0.3, -0.25) is 4.79 Å². The van der Waals surface area contributed by atoms with Crippen molar-refractivity contribution in [3.05, 3.63) is 0 Å². The summed E-state index contributed by atoms with van der Waals surface area (Å²) in [5.74, 6) is 0.327. The smallest absolute Gasteiger partial charge is 0.228 e. The molecule has 0 aromatic carbocycles. The Morgan fingerprint density at radius 1 is 1.00 bits per heavy atom. The maximum atomic E-state index is 12.3. The average molecular weight is 227 g/mol. The van der Waals surface area contributed by atoms with Crippen molar-refractivity contribution in [3.63, 3.8) is 0 Å². The Morgan fingerprint density at radius 2 is 1.62 bits per heavy atom. The first kappa shape index (κ1) is 15.5. The Kier molecular flexibility index (Phi) is 7.44. The van der Waals surface area contributed by atoms with Gasteiger partial charge in [-0.05, 0) is 19.3 Å². The van der Waals surface area contributed by atoms with E-state index in [-0.39, 0.29) is 5.41 Å². The Labute approximate surface area is 101 Å². The van der Waals surface area contributed by atoms with Crippen LogP contribution in [0.25, 0.3) is 0 Å². The van der Waals surface area contributed by atoms with Crippen LogP contribution in [0, 0.1) is 5.41 Å². The van der Waals surface area contributed by atoms with Crippen LogP contribution >= 0.6 is 0 Å². The van der Waals surface area contributed by atoms with E-state index in [0.29, 0.717) is 5.91 Å². The van der Waals surface area contributed by atoms with E-state index >= 15 is 0 Å². The third kappa shape index (κ3) is 5.00. The molecule has 96 valence electrons. The summed E-state index contributed by atoms with van der Waals surface area (Å²) in [5, 5.41) is 0. The number of hydrogen-bond donors (Lipinski definition) is 0. The molecule has 0 aromatic heterocycles. The first-order valence-corrected chi connectivity index (χ1v) is 6.79. The number of rotatable bonds is 8. The van der Waals surface area contributed by atoms with Gasteiger partial charge in [0.05, 0.1) is 0 Å². The number of amides is 1. The van der Waals surface area contributed by atoms with Crippen molar-refractivity contribution >= 4 is 5.91 Å². The third-order valence-electron chi connectivity index (χ3n) is 3.28. The predicted octanol–water partition coefficient (Wildman–Crippen LogP) is 3.85. The lowest BCUT2D eigenvalue weighted by molar-refractivity contribution is -0.140. The zero-order chi connectivity index (χ0) is 12.6. The lowest BCUT2D eigenvalue weighted by Gasteiger charge is -2.31. The van der Waals surface area contributed by atoms with Crippen LogP contribution in [-0.4, -0.2) is 23.9 Å². The minimum Gasteiger partial charge on any atom is -0.342 e. The highest BCUT2D eigenvalue weighted by molar-refractivity contribution is 5.81. The summed E-state index contributed by atoms with van der Waals surface area (Å²) in [5.41, 5.74) is -0.193. The number of nitrogens with zero attached hydrogens (tertiary/aromatic N) is 1. The van der Waals surface area contributed by atoms with Gasteiger partial charge >= 0.3 is 0 Å². The number of unbranched alkanes of at least 4 members (excludes halogenated alkanes) is 2. The van der Waals surface area contributed by atoms with Crippen molar-refractivity contribution in [1.29, 1.82) is 0 Å². The maximum absolute atomic E-state index is 12.3. The Bertz CT molecular complexity index is 199. The lowest BCUT2D eigenvalue weighted by Crippen LogP contribution is -2.41. The van der Waals surface area contributed by atoms with Crippen molar-refractivity contribution in [2.45, 2.75) is 66.7 Å². The molecular weight excluding hydrogens is 198 g/mol. The second-order valence-corrected chi connectivity index (χ2v) is 5.24. The van der Waals surface area contributed by atoms with Crippen molar-refractivity contribution in [2.24, 2.45) is 5.41 Å². The molecule has 2 heteroatoms. The molecule has 0 heterocycles. The van der Waals surface area contributed by atoms with Crippen LogP contribution < -0.4 is 0 Å². The number of carbonyl (C=O) groups is 1. The maximum Gasteiger partial charge on any atom is 0.228 e. The van der Waals surface area contributed by atoms with Crippen LogP contribution in [0.1, 0.15) is 66.7 Å². The van der Waals surface area contributed by atoms with Crippen LogP contribution in [-0.2, 0) is 4.79 Å². The van der Waals surface area contributed by atoms with Crippen molar-refractivity contribution < 1.29 is 4.79 Å². The summed E-state index contributed by atoms with van der Waals surface area (Å²) in [7, 11) is 0. The fourth-order valence-corrected chi connectivity index (χ4v) is 1.72. The summed E-state index contributed by atoms with van der Waals surface area (Å²) < 4.78 is 0. The van der Waals surface area contributed by atoms with Gasteiger partial charge in [0, 0.05) is 18.5 Å². The van der Waals surface area contributed by atoms with Gasteiger partial charge in [-0.1, -0.05) is 47.5 Å². The zero-order valence-corrected chi connectivity index (χ0v) is 11.8. The first-order valence-electron chi connectivity index (χ1n) is 6.79. The van der Waals surface area contributed by atoms with Gasteiger partial charge in [0.15, 0.2) is 0 Å². The molecule has 0 N–H and O–H groups in total. The topological polar surface area (TPSA) is 20.3 Å². The fraction of sp³-hybridized carbons (Fsp3) is 0.929. The molecule has 1 amide bonds. The SMILES string of the molecule is CCCCCN(CCC)C(=O)C(C)(C)CC. The van der Waals surface area contributed by atoms with E-state index in [9.17, 15) is 4.79 Å². The second kappa shape index (κ2) is 7.70. The van der Waals surface area contributed by atoms with Gasteiger partial charge in [0.2, 0.25) is 5.91 Å². The number of carbonyl (C=O) groups excluding carboxylic acids is 1. The summed E-state index contributed by atoms with van der Waals surface area (Å²) >= 11 is 0. The van der Waals surface area contributed by atoms with Crippen molar-refractivity contribution in [3.8, 4) is 0 Å². The van der Waals surface area contributed by atoms with Crippen LogP contribution in [0.15, 0.2) is 0 Å². The Hall–Kier alpha value is -0.530. The van der Waals surface area contributed by atoms with Crippen molar-refractivity contribution in [2.75, 3.05) is 13.1 Å². The molecule has 0 aliphatic rings. The highest BCUT2D eigenvalue weighted by Gasteiger charge is 2.29. The van der Waals surface area contributed by atoms with E-state index in [1.165, 1.54) is 12.8 Å². The van der Waals surface area contributed by atoms with E-state index < -0.39 is 0 Å². The van der Waals surface area contributed by atoms with Crippen LogP contribution in [0.5, 0.6) is 0 Å². The summed E-state index contributed by atoms with van der Waals surface area (Å²) in [6.45, 7) is 12.4. The van der Waals surface area contributed by atoms with Crippen molar-refractivity contribution in [1.82, 2.24) is 4.90 Å². The normalized spacial score (nSPS) is 11.6. The van der Waals surface area contributed by atoms with Gasteiger partial charge in [-0.15, -0.1) is 0 Å². The number of hydrogen-bond acceptors (Lipinski definition) is 1. The van der Waals surface area contributed by atoms with Crippen LogP contribution in [0.3, 0.4) is 0 Å². The van der Waals surface area contributed by atoms with Gasteiger partial charge in [-0.25, -0.2) is 0 Å². The Morgan fingerprint density at radius 3 is 2.06 bits per heavy atom. The standard InChI is InChI=1S/C14H29NO/c1-6-9-10-12-15(11-7-2)13(16)14(4,5)8-3/h6-12H2,1-5H3. The third-order valence-corrected chi connectivity index (χ3v) is 3.28. The molecule has 0 bridgehead atoms. The molecule has 0 aromatic rings. The molecule has 0 aliphatic heterocycles. The van der Waals surface area contributed by atoms with E-state index in [0.717, 1.165) is 32.4 Å². The van der Waals surface area contributed by atoms with E-state index in [4.69, 9.17) is 0 Å². The Balaban J connectivity index is 4.34. The van der Waals surface area contributed by atoms with Crippen LogP contribution in [0.4, 0.5) is 0 Å². The zero-order valence-electron chi connectivity index (χ0n) is 11.8. The molecule has 0 rings (SSSR count). The highest BCUT2D eigenvalue weighted by atomic mass is 16.2. The first-order chi connectivity index (χ1) is 7.49. The molecule has 16 heavy (non-hydrogen) atoms. The molecule has 0 unspecified atom stereocenters. The minimum absolute atomic E-state index is 0.193. The van der Waals surface area contributed by atoms with Crippen LogP contribution in [0.2, 0.25) is 0 Å². The summed E-state index contributed by atoms with van der Waals surface area (Å²) in [4.78, 5) is 14.4. The van der Waals surface area contributed by atoms with E-state index in [1.54, 1.807) is 0 Å². The fourth-order valence-electron chi connectivity index (χ4n) is 1.72. The summed E-state index contributed by atoms with van der Waals surface area (Å²) in [6, 6.07) is 0. The predicted molar refractivity (Wildman–Crippen MR) is 70.5 cm³/mol. The molecule has 0 fully saturated rings. The molecule has 2 nitrogen and oxygen atoms in total. The van der Waals surface area contributed by atoms with Gasteiger partial charge in [0.1, 0.15) is 0 Å². The molecule has 0 aliphatic carbocycles. The van der Waals surface area contributed by atoms with E-state index in [1.807, 2.05) is 0 Å². The lowest BCUT2D eigenvalue weighted by atomic mass is 9.88.